The number of aliphatic carboxylic acids is 1. The van der Waals surface area contributed by atoms with E-state index in [2.05, 4.69) is 10.3 Å². The van der Waals surface area contributed by atoms with Gasteiger partial charge in [0.2, 0.25) is 0 Å². The molecule has 0 saturated carbocycles. The summed E-state index contributed by atoms with van der Waals surface area (Å²) >= 11 is 0. The fourth-order valence-electron chi connectivity index (χ4n) is 3.38. The van der Waals surface area contributed by atoms with Crippen molar-refractivity contribution >= 4 is 5.97 Å². The maximum Gasteiger partial charge on any atom is 0.303 e. The summed E-state index contributed by atoms with van der Waals surface area (Å²) in [4.78, 5) is 10.4. The van der Waals surface area contributed by atoms with Gasteiger partial charge in [-0.1, -0.05) is 95.1 Å². The van der Waals surface area contributed by atoms with Crippen molar-refractivity contribution in [3.63, 3.8) is 0 Å². The van der Waals surface area contributed by atoms with Crippen LogP contribution in [0.4, 0.5) is 0 Å². The van der Waals surface area contributed by atoms with Crippen LogP contribution >= 0.6 is 0 Å². The summed E-state index contributed by atoms with van der Waals surface area (Å²) in [6.45, 7) is 1.00. The number of nitrogens with zero attached hydrogens (tertiary/aromatic N) is 3. The Kier molecular flexibility index (Phi) is 14.8. The van der Waals surface area contributed by atoms with Crippen molar-refractivity contribution in [3.05, 3.63) is 12.4 Å². The van der Waals surface area contributed by atoms with Crippen molar-refractivity contribution in [1.29, 1.82) is 0 Å². The predicted octanol–water partition coefficient (Wildman–Crippen LogP) is 5.99. The Morgan fingerprint density at radius 3 is 1.50 bits per heavy atom. The molecule has 1 aromatic heterocycles. The summed E-state index contributed by atoms with van der Waals surface area (Å²) in [5.41, 5.74) is 0. The average molecular weight is 366 g/mol. The lowest BCUT2D eigenvalue weighted by Crippen LogP contribution is -1.98. The molecule has 0 amide bonds. The van der Waals surface area contributed by atoms with Gasteiger partial charge in [-0.25, -0.2) is 0 Å². The minimum Gasteiger partial charge on any atom is -0.481 e. The predicted molar refractivity (Wildman–Crippen MR) is 106 cm³/mol. The van der Waals surface area contributed by atoms with Crippen LogP contribution in [0.15, 0.2) is 12.4 Å². The van der Waals surface area contributed by atoms with E-state index in [9.17, 15) is 4.79 Å². The number of carboxylic acid groups (broad SMARTS) is 1. The van der Waals surface area contributed by atoms with Gasteiger partial charge in [0, 0.05) is 19.2 Å². The first-order valence-electron chi connectivity index (χ1n) is 10.8. The maximum absolute atomic E-state index is 10.4. The van der Waals surface area contributed by atoms with E-state index < -0.39 is 5.97 Å². The van der Waals surface area contributed by atoms with E-state index in [1.807, 2.05) is 10.9 Å². The quantitative estimate of drug-likeness (QED) is 0.306. The molecule has 0 fully saturated rings. The van der Waals surface area contributed by atoms with Crippen molar-refractivity contribution in [3.8, 4) is 0 Å². The second kappa shape index (κ2) is 17.0. The minimum atomic E-state index is -0.659. The van der Waals surface area contributed by atoms with E-state index in [0.29, 0.717) is 6.42 Å². The SMILES string of the molecule is O=C(O)CCCCCCCCCCCCCCCCCCn1ccnn1. The average Bonchev–Trinajstić information content (AvgIpc) is 3.14. The lowest BCUT2D eigenvalue weighted by Gasteiger charge is -2.04. The summed E-state index contributed by atoms with van der Waals surface area (Å²) in [6.07, 6.45) is 24.6. The van der Waals surface area contributed by atoms with E-state index in [-0.39, 0.29) is 0 Å². The normalized spacial score (nSPS) is 11.1. The molecule has 5 nitrogen and oxygen atoms in total. The fourth-order valence-corrected chi connectivity index (χ4v) is 3.38. The Morgan fingerprint density at radius 1 is 0.692 bits per heavy atom. The van der Waals surface area contributed by atoms with Gasteiger partial charge in [-0.05, 0) is 12.8 Å². The third-order valence-corrected chi connectivity index (χ3v) is 5.00. The number of aromatic nitrogens is 3. The Bertz CT molecular complexity index is 421. The van der Waals surface area contributed by atoms with Gasteiger partial charge in [-0.2, -0.15) is 0 Å². The first-order chi connectivity index (χ1) is 12.8. The van der Waals surface area contributed by atoms with Gasteiger partial charge >= 0.3 is 5.97 Å². The standard InChI is InChI=1S/C21H39N3O2/c25-21(26)17-15-13-11-9-7-5-3-1-2-4-6-8-10-12-14-16-19-24-20-18-22-23-24/h18,20H,1-17,19H2,(H,25,26). The van der Waals surface area contributed by atoms with Gasteiger partial charge in [-0.15, -0.1) is 5.10 Å². The van der Waals surface area contributed by atoms with Crippen LogP contribution in [0.2, 0.25) is 0 Å². The van der Waals surface area contributed by atoms with E-state index in [4.69, 9.17) is 5.11 Å². The molecular formula is C21H39N3O2. The zero-order valence-electron chi connectivity index (χ0n) is 16.6. The van der Waals surface area contributed by atoms with Gasteiger partial charge in [0.25, 0.3) is 0 Å². The molecule has 0 spiro atoms. The first kappa shape index (κ1) is 22.7. The summed E-state index contributed by atoms with van der Waals surface area (Å²) < 4.78 is 1.92. The summed E-state index contributed by atoms with van der Waals surface area (Å²) in [5, 5.41) is 16.4. The lowest BCUT2D eigenvalue weighted by molar-refractivity contribution is -0.137. The molecule has 1 heterocycles. The van der Waals surface area contributed by atoms with Gasteiger partial charge in [0.15, 0.2) is 0 Å². The van der Waals surface area contributed by atoms with Crippen LogP contribution in [0.25, 0.3) is 0 Å². The van der Waals surface area contributed by atoms with E-state index in [1.165, 1.54) is 89.9 Å². The molecule has 1 aromatic rings. The molecule has 26 heavy (non-hydrogen) atoms. The smallest absolute Gasteiger partial charge is 0.303 e. The Labute approximate surface area is 159 Å². The molecule has 1 rings (SSSR count). The molecule has 0 bridgehead atoms. The Morgan fingerprint density at radius 2 is 1.12 bits per heavy atom. The topological polar surface area (TPSA) is 68.0 Å². The van der Waals surface area contributed by atoms with Crippen LogP contribution in [0.5, 0.6) is 0 Å². The Hall–Kier alpha value is -1.39. The molecule has 0 atom stereocenters. The van der Waals surface area contributed by atoms with Crippen LogP contribution in [0, 0.1) is 0 Å². The van der Waals surface area contributed by atoms with Gasteiger partial charge in [-0.3, -0.25) is 9.48 Å². The molecule has 150 valence electrons. The third kappa shape index (κ3) is 14.9. The molecule has 0 aliphatic heterocycles. The second-order valence-corrected chi connectivity index (χ2v) is 7.47. The highest BCUT2D eigenvalue weighted by atomic mass is 16.4. The van der Waals surface area contributed by atoms with E-state index >= 15 is 0 Å². The minimum absolute atomic E-state index is 0.336. The zero-order chi connectivity index (χ0) is 18.7. The van der Waals surface area contributed by atoms with Crippen molar-refractivity contribution in [1.82, 2.24) is 15.0 Å². The highest BCUT2D eigenvalue weighted by Gasteiger charge is 1.97. The number of aryl methyl sites for hydroxylation is 1. The molecule has 0 radical (unpaired) electrons. The zero-order valence-corrected chi connectivity index (χ0v) is 16.6. The van der Waals surface area contributed by atoms with Crippen LogP contribution in [0.3, 0.4) is 0 Å². The highest BCUT2D eigenvalue weighted by Crippen LogP contribution is 2.14. The van der Waals surface area contributed by atoms with Gasteiger partial charge in [0.05, 0.1) is 6.20 Å². The number of carbonyl (C=O) groups is 1. The van der Waals surface area contributed by atoms with Crippen molar-refractivity contribution in [2.45, 2.75) is 116 Å². The number of unbranched alkanes of at least 4 members (excludes halogenated alkanes) is 15. The number of rotatable bonds is 19. The molecule has 0 saturated heterocycles. The summed E-state index contributed by atoms with van der Waals surface area (Å²) in [5.74, 6) is -0.659. The molecular weight excluding hydrogens is 326 g/mol. The first-order valence-corrected chi connectivity index (χ1v) is 10.8. The third-order valence-electron chi connectivity index (χ3n) is 5.00. The molecule has 0 aliphatic rings. The highest BCUT2D eigenvalue weighted by molar-refractivity contribution is 5.66. The number of carboxylic acids is 1. The molecule has 0 unspecified atom stereocenters. The van der Waals surface area contributed by atoms with Crippen molar-refractivity contribution in [2.75, 3.05) is 0 Å². The lowest BCUT2D eigenvalue weighted by atomic mass is 10.0. The maximum atomic E-state index is 10.4. The molecule has 5 heteroatoms. The van der Waals surface area contributed by atoms with Gasteiger partial charge < -0.3 is 5.11 Å². The van der Waals surface area contributed by atoms with Crippen LogP contribution in [-0.2, 0) is 11.3 Å². The Balaban J connectivity index is 1.66. The number of hydrogen-bond acceptors (Lipinski definition) is 3. The van der Waals surface area contributed by atoms with Crippen molar-refractivity contribution in [2.24, 2.45) is 0 Å². The number of hydrogen-bond donors (Lipinski definition) is 1. The fraction of sp³-hybridized carbons (Fsp3) is 0.857. The monoisotopic (exact) mass is 365 g/mol. The van der Waals surface area contributed by atoms with E-state index in [0.717, 1.165) is 19.4 Å². The van der Waals surface area contributed by atoms with Crippen molar-refractivity contribution < 1.29 is 9.90 Å². The van der Waals surface area contributed by atoms with Crippen LogP contribution in [0.1, 0.15) is 109 Å². The van der Waals surface area contributed by atoms with E-state index in [1.54, 1.807) is 6.20 Å². The largest absolute Gasteiger partial charge is 0.481 e. The van der Waals surface area contributed by atoms with Crippen LogP contribution in [-0.4, -0.2) is 26.1 Å². The molecule has 1 N–H and O–H groups in total. The summed E-state index contributed by atoms with van der Waals surface area (Å²) in [6, 6.07) is 0. The van der Waals surface area contributed by atoms with Crippen LogP contribution < -0.4 is 0 Å². The summed E-state index contributed by atoms with van der Waals surface area (Å²) in [7, 11) is 0. The molecule has 0 aromatic carbocycles. The second-order valence-electron chi connectivity index (χ2n) is 7.47. The van der Waals surface area contributed by atoms with Gasteiger partial charge in [0.1, 0.15) is 0 Å². The molecule has 0 aliphatic carbocycles.